The lowest BCUT2D eigenvalue weighted by Crippen LogP contribution is -2.20. The SMILES string of the molecule is Cc1ccc(NC(=O)CC2CCSCC2)c(N)c1. The number of anilines is 2. The van der Waals surface area contributed by atoms with Crippen molar-refractivity contribution in [2.75, 3.05) is 22.6 Å². The Balaban J connectivity index is 1.90. The highest BCUT2D eigenvalue weighted by molar-refractivity contribution is 7.99. The van der Waals surface area contributed by atoms with E-state index in [-0.39, 0.29) is 5.91 Å². The molecule has 0 unspecified atom stereocenters. The van der Waals surface area contributed by atoms with Crippen molar-refractivity contribution in [2.45, 2.75) is 26.2 Å². The molecule has 3 nitrogen and oxygen atoms in total. The predicted octanol–water partition coefficient (Wildman–Crippen LogP) is 3.05. The molecule has 0 radical (unpaired) electrons. The van der Waals surface area contributed by atoms with Crippen molar-refractivity contribution in [1.29, 1.82) is 0 Å². The molecule has 0 aliphatic carbocycles. The molecular formula is C14H20N2OS. The van der Waals surface area contributed by atoms with E-state index in [2.05, 4.69) is 5.32 Å². The number of amides is 1. The van der Waals surface area contributed by atoms with E-state index in [0.717, 1.165) is 24.1 Å². The van der Waals surface area contributed by atoms with Gasteiger partial charge in [0.05, 0.1) is 11.4 Å². The number of rotatable bonds is 3. The second-order valence-corrected chi connectivity index (χ2v) is 6.12. The van der Waals surface area contributed by atoms with E-state index in [9.17, 15) is 4.79 Å². The molecule has 1 fully saturated rings. The van der Waals surface area contributed by atoms with Crippen molar-refractivity contribution >= 4 is 29.0 Å². The van der Waals surface area contributed by atoms with Crippen molar-refractivity contribution in [2.24, 2.45) is 5.92 Å². The first kappa shape index (κ1) is 13.3. The Morgan fingerprint density at radius 3 is 2.83 bits per heavy atom. The Morgan fingerprint density at radius 1 is 1.44 bits per heavy atom. The van der Waals surface area contributed by atoms with Crippen LogP contribution in [0.2, 0.25) is 0 Å². The molecule has 0 saturated carbocycles. The van der Waals surface area contributed by atoms with Gasteiger partial charge in [0.25, 0.3) is 0 Å². The van der Waals surface area contributed by atoms with Gasteiger partial charge in [0, 0.05) is 6.42 Å². The average Bonchev–Trinajstić information content (AvgIpc) is 2.34. The first-order chi connectivity index (χ1) is 8.65. The summed E-state index contributed by atoms with van der Waals surface area (Å²) < 4.78 is 0. The number of thioether (sulfide) groups is 1. The molecule has 98 valence electrons. The van der Waals surface area contributed by atoms with E-state index < -0.39 is 0 Å². The van der Waals surface area contributed by atoms with Crippen LogP contribution in [0.15, 0.2) is 18.2 Å². The Labute approximate surface area is 113 Å². The maximum absolute atomic E-state index is 11.9. The fraction of sp³-hybridized carbons (Fsp3) is 0.500. The van der Waals surface area contributed by atoms with E-state index in [1.165, 1.54) is 11.5 Å². The molecule has 3 N–H and O–H groups in total. The van der Waals surface area contributed by atoms with Gasteiger partial charge in [0.2, 0.25) is 5.91 Å². The second kappa shape index (κ2) is 6.14. The van der Waals surface area contributed by atoms with E-state index in [0.29, 0.717) is 18.0 Å². The van der Waals surface area contributed by atoms with Crippen LogP contribution in [0.25, 0.3) is 0 Å². The van der Waals surface area contributed by atoms with Crippen molar-refractivity contribution in [1.82, 2.24) is 0 Å². The standard InChI is InChI=1S/C14H20N2OS/c1-10-2-3-13(12(15)8-10)16-14(17)9-11-4-6-18-7-5-11/h2-3,8,11H,4-7,9,15H2,1H3,(H,16,17). The van der Waals surface area contributed by atoms with Crippen LogP contribution in [0.1, 0.15) is 24.8 Å². The number of nitrogen functional groups attached to an aromatic ring is 1. The maximum atomic E-state index is 11.9. The molecule has 4 heteroatoms. The minimum atomic E-state index is 0.0856. The second-order valence-electron chi connectivity index (χ2n) is 4.90. The van der Waals surface area contributed by atoms with Gasteiger partial charge in [-0.15, -0.1) is 0 Å². The highest BCUT2D eigenvalue weighted by Gasteiger charge is 2.17. The van der Waals surface area contributed by atoms with Crippen LogP contribution < -0.4 is 11.1 Å². The Bertz CT molecular complexity index is 428. The minimum absolute atomic E-state index is 0.0856. The number of nitrogens with two attached hydrogens (primary N) is 1. The molecule has 1 heterocycles. The lowest BCUT2D eigenvalue weighted by atomic mass is 9.98. The quantitative estimate of drug-likeness (QED) is 0.825. The van der Waals surface area contributed by atoms with Crippen molar-refractivity contribution in [3.8, 4) is 0 Å². The molecule has 18 heavy (non-hydrogen) atoms. The van der Waals surface area contributed by atoms with Crippen LogP contribution in [0.3, 0.4) is 0 Å². The maximum Gasteiger partial charge on any atom is 0.224 e. The van der Waals surface area contributed by atoms with Crippen LogP contribution in [-0.4, -0.2) is 17.4 Å². The third-order valence-electron chi connectivity index (χ3n) is 3.30. The van der Waals surface area contributed by atoms with Gasteiger partial charge in [0.15, 0.2) is 0 Å². The lowest BCUT2D eigenvalue weighted by molar-refractivity contribution is -0.117. The van der Waals surface area contributed by atoms with E-state index in [4.69, 9.17) is 5.73 Å². The summed E-state index contributed by atoms with van der Waals surface area (Å²) in [5, 5.41) is 2.91. The summed E-state index contributed by atoms with van der Waals surface area (Å²) in [5.74, 6) is 3.00. The number of nitrogens with one attached hydrogen (secondary N) is 1. The normalized spacial score (nSPS) is 16.5. The topological polar surface area (TPSA) is 55.1 Å². The highest BCUT2D eigenvalue weighted by Crippen LogP contribution is 2.26. The van der Waals surface area contributed by atoms with Gasteiger partial charge in [-0.05, 0) is 54.9 Å². The fourth-order valence-corrected chi connectivity index (χ4v) is 3.41. The van der Waals surface area contributed by atoms with Crippen molar-refractivity contribution in [3.63, 3.8) is 0 Å². The summed E-state index contributed by atoms with van der Waals surface area (Å²) in [4.78, 5) is 11.9. The molecule has 1 saturated heterocycles. The number of carbonyl (C=O) groups excluding carboxylic acids is 1. The Morgan fingerprint density at radius 2 is 2.17 bits per heavy atom. The van der Waals surface area contributed by atoms with Crippen LogP contribution in [0.5, 0.6) is 0 Å². The lowest BCUT2D eigenvalue weighted by Gasteiger charge is -2.20. The first-order valence-electron chi connectivity index (χ1n) is 6.39. The largest absolute Gasteiger partial charge is 0.397 e. The molecule has 2 rings (SSSR count). The molecular weight excluding hydrogens is 244 g/mol. The first-order valence-corrected chi connectivity index (χ1v) is 7.54. The molecule has 0 atom stereocenters. The van der Waals surface area contributed by atoms with Gasteiger partial charge < -0.3 is 11.1 Å². The van der Waals surface area contributed by atoms with Crippen molar-refractivity contribution < 1.29 is 4.79 Å². The van der Waals surface area contributed by atoms with E-state index >= 15 is 0 Å². The van der Waals surface area contributed by atoms with Crippen LogP contribution in [0.4, 0.5) is 11.4 Å². The Hall–Kier alpha value is -1.16. The van der Waals surface area contributed by atoms with Gasteiger partial charge in [-0.2, -0.15) is 11.8 Å². The number of benzene rings is 1. The van der Waals surface area contributed by atoms with E-state index in [1.54, 1.807) is 0 Å². The molecule has 1 aliphatic heterocycles. The summed E-state index contributed by atoms with van der Waals surface area (Å²) in [5.41, 5.74) is 8.36. The van der Waals surface area contributed by atoms with Crippen molar-refractivity contribution in [3.05, 3.63) is 23.8 Å². The molecule has 0 bridgehead atoms. The third kappa shape index (κ3) is 3.67. The third-order valence-corrected chi connectivity index (χ3v) is 4.34. The number of hydrogen-bond donors (Lipinski definition) is 2. The zero-order valence-electron chi connectivity index (χ0n) is 10.7. The molecule has 1 amide bonds. The summed E-state index contributed by atoms with van der Waals surface area (Å²) in [6.45, 7) is 1.99. The Kier molecular flexibility index (Phi) is 4.53. The molecule has 1 aliphatic rings. The number of carbonyl (C=O) groups is 1. The van der Waals surface area contributed by atoms with Gasteiger partial charge in [-0.3, -0.25) is 4.79 Å². The van der Waals surface area contributed by atoms with Crippen LogP contribution in [-0.2, 0) is 4.79 Å². The summed E-state index contributed by atoms with van der Waals surface area (Å²) in [6.07, 6.45) is 2.93. The van der Waals surface area contributed by atoms with Gasteiger partial charge in [0.1, 0.15) is 0 Å². The predicted molar refractivity (Wildman–Crippen MR) is 78.9 cm³/mol. The van der Waals surface area contributed by atoms with Crippen LogP contribution >= 0.6 is 11.8 Å². The van der Waals surface area contributed by atoms with E-state index in [1.807, 2.05) is 36.9 Å². The number of hydrogen-bond acceptors (Lipinski definition) is 3. The fourth-order valence-electron chi connectivity index (χ4n) is 2.21. The molecule has 1 aromatic carbocycles. The van der Waals surface area contributed by atoms with Crippen LogP contribution in [0, 0.1) is 12.8 Å². The monoisotopic (exact) mass is 264 g/mol. The zero-order chi connectivity index (χ0) is 13.0. The highest BCUT2D eigenvalue weighted by atomic mass is 32.2. The summed E-state index contributed by atoms with van der Waals surface area (Å²) >= 11 is 1.98. The zero-order valence-corrected chi connectivity index (χ0v) is 11.6. The summed E-state index contributed by atoms with van der Waals surface area (Å²) in [7, 11) is 0. The van der Waals surface area contributed by atoms with Gasteiger partial charge in [-0.25, -0.2) is 0 Å². The number of aryl methyl sites for hydroxylation is 1. The van der Waals surface area contributed by atoms with Gasteiger partial charge >= 0.3 is 0 Å². The molecule has 1 aromatic rings. The average molecular weight is 264 g/mol. The molecule has 0 aromatic heterocycles. The smallest absolute Gasteiger partial charge is 0.224 e. The molecule has 0 spiro atoms. The van der Waals surface area contributed by atoms with Gasteiger partial charge in [-0.1, -0.05) is 6.07 Å². The minimum Gasteiger partial charge on any atom is -0.397 e. The summed E-state index contributed by atoms with van der Waals surface area (Å²) in [6, 6.07) is 5.72.